The minimum absolute atomic E-state index is 0.0205. The summed E-state index contributed by atoms with van der Waals surface area (Å²) in [4.78, 5) is 20.7. The maximum Gasteiger partial charge on any atom is 0.426 e. The average Bonchev–Trinajstić information content (AvgIpc) is 3.24. The molecule has 1 amide bonds. The number of nitrogens with one attached hydrogen (secondary N) is 1. The van der Waals surface area contributed by atoms with Gasteiger partial charge in [0.25, 0.3) is 0 Å². The number of amides is 1. The van der Waals surface area contributed by atoms with Gasteiger partial charge in [-0.1, -0.05) is 29.3 Å². The number of carbonyl (C=O) groups excluding carboxylic acids is 1. The summed E-state index contributed by atoms with van der Waals surface area (Å²) in [5, 5.41) is 3.85. The van der Waals surface area contributed by atoms with E-state index < -0.39 is 23.8 Å². The van der Waals surface area contributed by atoms with Crippen LogP contribution in [0.4, 0.5) is 19.4 Å². The first-order chi connectivity index (χ1) is 16.2. The van der Waals surface area contributed by atoms with Crippen LogP contribution in [0.5, 0.6) is 5.75 Å². The van der Waals surface area contributed by atoms with E-state index in [2.05, 4.69) is 10.3 Å². The first-order valence-electron chi connectivity index (χ1n) is 10.2. The molecule has 0 fully saturated rings. The first-order valence-corrected chi connectivity index (χ1v) is 11.0. The molecule has 0 saturated heterocycles. The minimum Gasteiger partial charge on any atom is -0.478 e. The van der Waals surface area contributed by atoms with Gasteiger partial charge in [0, 0.05) is 37.0 Å². The fourth-order valence-electron chi connectivity index (χ4n) is 3.67. The standard InChI is InChI=1S/C22H20Cl2F2N4O4/c1-10(16-17(23)14(25)7-15(26)18(16)24)33-20-19-12(8-29-21(20)27)13(9-32-19)11-3-5-30(6-4-11)34-22(31)28-2/h3,7-10H,4-6H2,1-2H3,(H2,27,29)(H,28,31)/t10-/m1/s1. The molecule has 12 heteroatoms. The Morgan fingerprint density at radius 2 is 2.03 bits per heavy atom. The van der Waals surface area contributed by atoms with Gasteiger partial charge >= 0.3 is 6.09 Å². The van der Waals surface area contributed by atoms with Gasteiger partial charge in [0.2, 0.25) is 5.75 Å². The van der Waals surface area contributed by atoms with Gasteiger partial charge in [0.15, 0.2) is 11.4 Å². The molecule has 1 aliphatic rings. The Bertz CT molecular complexity index is 1270. The van der Waals surface area contributed by atoms with E-state index in [0.717, 1.165) is 11.1 Å². The molecule has 0 radical (unpaired) electrons. The van der Waals surface area contributed by atoms with Crippen molar-refractivity contribution in [3.05, 3.63) is 57.4 Å². The van der Waals surface area contributed by atoms with E-state index in [9.17, 15) is 13.6 Å². The summed E-state index contributed by atoms with van der Waals surface area (Å²) >= 11 is 12.0. The number of nitrogens with two attached hydrogens (primary N) is 1. The van der Waals surface area contributed by atoms with E-state index in [1.807, 2.05) is 6.08 Å². The lowest BCUT2D eigenvalue weighted by Gasteiger charge is -2.24. The molecular formula is C22H20Cl2F2N4O4. The number of fused-ring (bicyclic) bond motifs is 1. The number of pyridine rings is 1. The van der Waals surface area contributed by atoms with Gasteiger partial charge in [-0.05, 0) is 18.9 Å². The normalized spacial score (nSPS) is 15.2. The molecule has 1 aliphatic heterocycles. The van der Waals surface area contributed by atoms with Crippen LogP contribution < -0.4 is 15.8 Å². The van der Waals surface area contributed by atoms with E-state index in [1.54, 1.807) is 12.5 Å². The molecule has 0 unspecified atom stereocenters. The van der Waals surface area contributed by atoms with Crippen molar-refractivity contribution in [1.82, 2.24) is 15.4 Å². The molecular weight excluding hydrogens is 493 g/mol. The highest BCUT2D eigenvalue weighted by Gasteiger charge is 2.26. The summed E-state index contributed by atoms with van der Waals surface area (Å²) in [7, 11) is 1.48. The lowest BCUT2D eigenvalue weighted by molar-refractivity contribution is -0.0906. The van der Waals surface area contributed by atoms with Gasteiger partial charge < -0.3 is 25.0 Å². The molecule has 2 aromatic heterocycles. The van der Waals surface area contributed by atoms with Gasteiger partial charge in [-0.2, -0.15) is 0 Å². The number of anilines is 1. The SMILES string of the molecule is CNC(=O)ON1CC=C(c2coc3c(O[C@H](C)c4c(Cl)c(F)cc(F)c4Cl)c(N)ncc23)CC1. The lowest BCUT2D eigenvalue weighted by Crippen LogP contribution is -2.34. The zero-order valence-electron chi connectivity index (χ0n) is 18.1. The lowest BCUT2D eigenvalue weighted by atomic mass is 10.0. The second-order valence-corrected chi connectivity index (χ2v) is 8.26. The van der Waals surface area contributed by atoms with Crippen molar-refractivity contribution in [2.24, 2.45) is 0 Å². The zero-order chi connectivity index (χ0) is 24.6. The van der Waals surface area contributed by atoms with E-state index in [4.69, 9.17) is 42.9 Å². The predicted molar refractivity (Wildman–Crippen MR) is 124 cm³/mol. The fraction of sp³-hybridized carbons (Fsp3) is 0.273. The Labute approximate surface area is 203 Å². The number of nitrogens with zero attached hydrogens (tertiary/aromatic N) is 2. The summed E-state index contributed by atoms with van der Waals surface area (Å²) in [5.41, 5.74) is 8.01. The van der Waals surface area contributed by atoms with E-state index >= 15 is 0 Å². The number of furan rings is 1. The third kappa shape index (κ3) is 4.48. The fourth-order valence-corrected chi connectivity index (χ4v) is 4.32. The first kappa shape index (κ1) is 24.1. The molecule has 0 bridgehead atoms. The monoisotopic (exact) mass is 512 g/mol. The number of ether oxygens (including phenoxy) is 1. The van der Waals surface area contributed by atoms with Crippen molar-refractivity contribution in [3.8, 4) is 5.75 Å². The number of rotatable bonds is 5. The Morgan fingerprint density at radius 3 is 2.65 bits per heavy atom. The van der Waals surface area contributed by atoms with Crippen molar-refractivity contribution < 1.29 is 27.6 Å². The second-order valence-electron chi connectivity index (χ2n) is 7.50. The van der Waals surface area contributed by atoms with Crippen LogP contribution in [0.25, 0.3) is 16.5 Å². The largest absolute Gasteiger partial charge is 0.478 e. The molecule has 180 valence electrons. The maximum absolute atomic E-state index is 14.0. The highest BCUT2D eigenvalue weighted by molar-refractivity contribution is 6.36. The molecule has 0 spiro atoms. The minimum atomic E-state index is -0.974. The quantitative estimate of drug-likeness (QED) is 0.435. The number of aromatic nitrogens is 1. The van der Waals surface area contributed by atoms with Crippen molar-refractivity contribution >= 4 is 51.7 Å². The number of carbonyl (C=O) groups is 1. The number of benzene rings is 1. The van der Waals surface area contributed by atoms with Crippen LogP contribution in [-0.2, 0) is 4.84 Å². The van der Waals surface area contributed by atoms with Gasteiger partial charge in [-0.25, -0.2) is 18.6 Å². The number of halogens is 4. The van der Waals surface area contributed by atoms with Crippen LogP contribution in [0.1, 0.15) is 30.6 Å². The molecule has 8 nitrogen and oxygen atoms in total. The van der Waals surface area contributed by atoms with Crippen LogP contribution in [-0.4, -0.2) is 36.3 Å². The van der Waals surface area contributed by atoms with Gasteiger partial charge in [0.05, 0.1) is 28.2 Å². The van der Waals surface area contributed by atoms with Crippen LogP contribution in [0, 0.1) is 11.6 Å². The smallest absolute Gasteiger partial charge is 0.426 e. The number of hydrogen-bond donors (Lipinski definition) is 2. The van der Waals surface area contributed by atoms with Crippen molar-refractivity contribution in [1.29, 1.82) is 0 Å². The van der Waals surface area contributed by atoms with Crippen LogP contribution in [0.3, 0.4) is 0 Å². The number of hydroxylamine groups is 2. The summed E-state index contributed by atoms with van der Waals surface area (Å²) in [6.07, 6.45) is 4.07. The second kappa shape index (κ2) is 9.65. The third-order valence-corrected chi connectivity index (χ3v) is 6.15. The summed E-state index contributed by atoms with van der Waals surface area (Å²) in [6.45, 7) is 2.40. The Morgan fingerprint density at radius 1 is 1.32 bits per heavy atom. The molecule has 3 aromatic rings. The highest BCUT2D eigenvalue weighted by atomic mass is 35.5. The molecule has 0 saturated carbocycles. The Kier molecular flexibility index (Phi) is 6.83. The van der Waals surface area contributed by atoms with E-state index in [1.165, 1.54) is 19.0 Å². The number of nitrogen functional groups attached to an aromatic ring is 1. The van der Waals surface area contributed by atoms with Gasteiger partial charge in [0.1, 0.15) is 17.7 Å². The molecule has 1 atom stereocenters. The summed E-state index contributed by atoms with van der Waals surface area (Å²) < 4.78 is 39.7. The molecule has 4 rings (SSSR count). The molecule has 3 heterocycles. The predicted octanol–water partition coefficient (Wildman–Crippen LogP) is 5.50. The van der Waals surface area contributed by atoms with Gasteiger partial charge in [-0.3, -0.25) is 0 Å². The van der Waals surface area contributed by atoms with Crippen LogP contribution in [0.2, 0.25) is 10.0 Å². The molecule has 0 aliphatic carbocycles. The van der Waals surface area contributed by atoms with Gasteiger partial charge in [-0.15, -0.1) is 5.06 Å². The van der Waals surface area contributed by atoms with Crippen molar-refractivity contribution in [2.45, 2.75) is 19.4 Å². The average molecular weight is 513 g/mol. The van der Waals surface area contributed by atoms with E-state index in [0.29, 0.717) is 36.5 Å². The third-order valence-electron chi connectivity index (χ3n) is 5.38. The summed E-state index contributed by atoms with van der Waals surface area (Å²) in [6, 6.07) is 0.606. The number of hydrogen-bond acceptors (Lipinski definition) is 7. The van der Waals surface area contributed by atoms with Crippen molar-refractivity contribution in [3.63, 3.8) is 0 Å². The summed E-state index contributed by atoms with van der Waals surface area (Å²) in [5.74, 6) is -1.81. The Hall–Kier alpha value is -3.08. The van der Waals surface area contributed by atoms with Crippen LogP contribution >= 0.6 is 23.2 Å². The topological polar surface area (TPSA) is 103 Å². The van der Waals surface area contributed by atoms with Crippen LogP contribution in [0.15, 0.2) is 29.0 Å². The maximum atomic E-state index is 14.0. The Balaban J connectivity index is 1.64. The molecule has 1 aromatic carbocycles. The highest BCUT2D eigenvalue weighted by Crippen LogP contribution is 2.41. The molecule has 3 N–H and O–H groups in total. The van der Waals surface area contributed by atoms with E-state index in [-0.39, 0.29) is 27.2 Å². The zero-order valence-corrected chi connectivity index (χ0v) is 19.6. The van der Waals surface area contributed by atoms with Crippen molar-refractivity contribution in [2.75, 3.05) is 25.9 Å². The molecule has 34 heavy (non-hydrogen) atoms.